The highest BCUT2D eigenvalue weighted by Crippen LogP contribution is 2.31. The molecule has 2 aromatic carbocycles. The van der Waals surface area contributed by atoms with E-state index in [-0.39, 0.29) is 17.7 Å². The van der Waals surface area contributed by atoms with Crippen molar-refractivity contribution in [1.29, 1.82) is 4.78 Å². The summed E-state index contributed by atoms with van der Waals surface area (Å²) >= 11 is 5.98. The summed E-state index contributed by atoms with van der Waals surface area (Å²) in [6.45, 7) is 0.871. The molecule has 9 heteroatoms. The number of hydrogen-bond donors (Lipinski definition) is 3. The molecular formula is C19H21ClF3N3OS. The van der Waals surface area contributed by atoms with Gasteiger partial charge in [-0.05, 0) is 29.7 Å². The summed E-state index contributed by atoms with van der Waals surface area (Å²) in [5, 5.41) is 3.14. The van der Waals surface area contributed by atoms with E-state index in [0.29, 0.717) is 16.1 Å². The summed E-state index contributed by atoms with van der Waals surface area (Å²) < 4.78 is 65.6. The van der Waals surface area contributed by atoms with Crippen molar-refractivity contribution in [1.82, 2.24) is 10.0 Å². The van der Waals surface area contributed by atoms with Crippen LogP contribution in [0.5, 0.6) is 0 Å². The van der Waals surface area contributed by atoms with Crippen molar-refractivity contribution in [3.63, 3.8) is 0 Å². The van der Waals surface area contributed by atoms with E-state index in [1.54, 1.807) is 36.4 Å². The van der Waals surface area contributed by atoms with E-state index < -0.39 is 40.3 Å². The van der Waals surface area contributed by atoms with Gasteiger partial charge >= 0.3 is 0 Å². The fraction of sp³-hybridized carbons (Fsp3) is 0.368. The van der Waals surface area contributed by atoms with Gasteiger partial charge in [-0.3, -0.25) is 0 Å². The molecule has 3 rings (SSSR count). The Morgan fingerprint density at radius 3 is 2.71 bits per heavy atom. The molecule has 0 aromatic heterocycles. The van der Waals surface area contributed by atoms with Crippen LogP contribution in [0.3, 0.4) is 0 Å². The van der Waals surface area contributed by atoms with E-state index in [2.05, 4.69) is 10.0 Å². The van der Waals surface area contributed by atoms with E-state index >= 15 is 4.39 Å². The zero-order valence-electron chi connectivity index (χ0n) is 15.1. The Morgan fingerprint density at radius 2 is 2.04 bits per heavy atom. The lowest BCUT2D eigenvalue weighted by Gasteiger charge is -2.25. The van der Waals surface area contributed by atoms with E-state index in [1.807, 2.05) is 0 Å². The lowest BCUT2D eigenvalue weighted by molar-refractivity contribution is -0.000625. The third-order valence-electron chi connectivity index (χ3n) is 4.84. The predicted octanol–water partition coefficient (Wildman–Crippen LogP) is 4.24. The molecular weight excluding hydrogens is 411 g/mol. The van der Waals surface area contributed by atoms with Crippen LogP contribution in [0, 0.1) is 10.6 Å². The number of nitrogens with one attached hydrogen (secondary N) is 3. The first-order valence-electron chi connectivity index (χ1n) is 8.81. The van der Waals surface area contributed by atoms with E-state index in [1.165, 1.54) is 13.0 Å². The summed E-state index contributed by atoms with van der Waals surface area (Å²) in [6.07, 6.45) is -0.0350. The van der Waals surface area contributed by atoms with Gasteiger partial charge in [-0.1, -0.05) is 48.9 Å². The molecule has 1 heterocycles. The van der Waals surface area contributed by atoms with Gasteiger partial charge in [0.15, 0.2) is 0 Å². The number of halogens is 4. The van der Waals surface area contributed by atoms with Crippen LogP contribution in [-0.2, 0) is 16.3 Å². The topological polar surface area (TPSA) is 65.0 Å². The van der Waals surface area contributed by atoms with E-state index in [9.17, 15) is 13.0 Å². The zero-order valence-corrected chi connectivity index (χ0v) is 16.7. The summed E-state index contributed by atoms with van der Waals surface area (Å²) in [6, 6.07) is 9.15. The van der Waals surface area contributed by atoms with Crippen LogP contribution in [0.25, 0.3) is 11.1 Å². The van der Waals surface area contributed by atoms with Crippen LogP contribution < -0.4 is 10.0 Å². The van der Waals surface area contributed by atoms with Gasteiger partial charge < -0.3 is 5.32 Å². The fourth-order valence-corrected chi connectivity index (χ4v) is 4.39. The van der Waals surface area contributed by atoms with Gasteiger partial charge in [-0.25, -0.2) is 26.9 Å². The molecule has 1 aliphatic heterocycles. The Morgan fingerprint density at radius 1 is 1.32 bits per heavy atom. The molecule has 152 valence electrons. The standard InChI is InChI=1S/C19H21ClF3N3OS/c1-2-28(24,27)26-18-16(25-11-19(18,22)23)10-13-6-4-8-15(17(13)21)12-5-3-7-14(20)9-12/h3-9,16,18,25H,2,10-11H2,1H3,(H2,24,26,27)/t16-,18+,28?/m0/s1. The molecule has 3 atom stereocenters. The molecule has 1 saturated heterocycles. The third-order valence-corrected chi connectivity index (χ3v) is 6.52. The van der Waals surface area contributed by atoms with Crippen LogP contribution >= 0.6 is 11.6 Å². The fourth-order valence-electron chi connectivity index (χ4n) is 3.29. The molecule has 2 aromatic rings. The van der Waals surface area contributed by atoms with E-state index in [0.717, 1.165) is 0 Å². The lowest BCUT2D eigenvalue weighted by Crippen LogP contribution is -2.51. The molecule has 1 fully saturated rings. The van der Waals surface area contributed by atoms with Crippen molar-refractivity contribution in [2.75, 3.05) is 12.3 Å². The molecule has 0 spiro atoms. The minimum Gasteiger partial charge on any atom is -0.306 e. The van der Waals surface area contributed by atoms with Gasteiger partial charge in [0.25, 0.3) is 5.92 Å². The number of alkyl halides is 2. The van der Waals surface area contributed by atoms with E-state index in [4.69, 9.17) is 16.4 Å². The maximum Gasteiger partial charge on any atom is 0.277 e. The number of benzene rings is 2. The van der Waals surface area contributed by atoms with Gasteiger partial charge in [-0.2, -0.15) is 0 Å². The first kappa shape index (κ1) is 21.1. The molecule has 0 aliphatic carbocycles. The molecule has 1 unspecified atom stereocenters. The molecule has 1 aliphatic rings. The summed E-state index contributed by atoms with van der Waals surface area (Å²) in [4.78, 5) is 0. The normalized spacial score (nSPS) is 23.5. The molecule has 3 N–H and O–H groups in total. The summed E-state index contributed by atoms with van der Waals surface area (Å²) in [5.41, 5.74) is 1.17. The highest BCUT2D eigenvalue weighted by Gasteiger charge is 2.51. The quantitative estimate of drug-likeness (QED) is 0.640. The number of rotatable bonds is 6. The van der Waals surface area contributed by atoms with Crippen molar-refractivity contribution in [2.24, 2.45) is 0 Å². The second-order valence-corrected chi connectivity index (χ2v) is 9.40. The van der Waals surface area contributed by atoms with Crippen LogP contribution in [0.15, 0.2) is 42.5 Å². The minimum absolute atomic E-state index is 0.0350. The maximum atomic E-state index is 15.1. The zero-order chi connectivity index (χ0) is 20.5. The third kappa shape index (κ3) is 4.51. The highest BCUT2D eigenvalue weighted by molar-refractivity contribution is 7.90. The highest BCUT2D eigenvalue weighted by atomic mass is 35.5. The molecule has 0 saturated carbocycles. The van der Waals surface area contributed by atoms with Gasteiger partial charge in [0.05, 0.1) is 6.54 Å². The largest absolute Gasteiger partial charge is 0.306 e. The summed E-state index contributed by atoms with van der Waals surface area (Å²) in [7, 11) is -3.34. The van der Waals surface area contributed by atoms with Crippen molar-refractivity contribution in [3.05, 3.63) is 58.9 Å². The molecule has 0 bridgehead atoms. The second kappa shape index (κ2) is 8.02. The summed E-state index contributed by atoms with van der Waals surface area (Å²) in [5.74, 6) is -3.79. The van der Waals surface area contributed by atoms with Gasteiger partial charge in [0.2, 0.25) is 0 Å². The second-order valence-electron chi connectivity index (χ2n) is 6.80. The smallest absolute Gasteiger partial charge is 0.277 e. The van der Waals surface area contributed by atoms with Crippen molar-refractivity contribution in [3.8, 4) is 11.1 Å². The number of hydrogen-bond acceptors (Lipinski definition) is 3. The Kier molecular flexibility index (Phi) is 6.05. The first-order valence-corrected chi connectivity index (χ1v) is 10.9. The Hall–Kier alpha value is -1.61. The first-order chi connectivity index (χ1) is 13.1. The monoisotopic (exact) mass is 431 g/mol. The molecule has 0 radical (unpaired) electrons. The average molecular weight is 432 g/mol. The lowest BCUT2D eigenvalue weighted by atomic mass is 9.96. The minimum atomic E-state index is -3.34. The van der Waals surface area contributed by atoms with Gasteiger partial charge in [-0.15, -0.1) is 0 Å². The Bertz CT molecular complexity index is 969. The van der Waals surface area contributed by atoms with Crippen molar-refractivity contribution >= 4 is 21.5 Å². The SMILES string of the molecule is CCS(=N)(=O)N[C@@H]1[C@H](Cc2cccc(-c3cccc(Cl)c3)c2F)NCC1(F)F. The Labute approximate surface area is 167 Å². The van der Waals surface area contributed by atoms with Crippen LogP contribution in [-0.4, -0.2) is 34.5 Å². The molecule has 28 heavy (non-hydrogen) atoms. The van der Waals surface area contributed by atoms with Crippen LogP contribution in [0.4, 0.5) is 13.2 Å². The predicted molar refractivity (Wildman–Crippen MR) is 106 cm³/mol. The van der Waals surface area contributed by atoms with Crippen molar-refractivity contribution < 1.29 is 17.4 Å². The average Bonchev–Trinajstić information content (AvgIpc) is 2.91. The van der Waals surface area contributed by atoms with Crippen LogP contribution in [0.2, 0.25) is 5.02 Å². The Balaban J connectivity index is 1.90. The van der Waals surface area contributed by atoms with Crippen molar-refractivity contribution in [2.45, 2.75) is 31.4 Å². The molecule has 0 amide bonds. The molecule has 4 nitrogen and oxygen atoms in total. The van der Waals surface area contributed by atoms with Gasteiger partial charge in [0.1, 0.15) is 21.8 Å². The maximum absolute atomic E-state index is 15.1. The van der Waals surface area contributed by atoms with Crippen LogP contribution in [0.1, 0.15) is 12.5 Å². The van der Waals surface area contributed by atoms with Gasteiger partial charge in [0, 0.05) is 22.4 Å².